The molecular formula is C11H12BrN3O3. The molecule has 0 spiro atoms. The van der Waals surface area contributed by atoms with E-state index in [2.05, 4.69) is 26.6 Å². The summed E-state index contributed by atoms with van der Waals surface area (Å²) in [6.45, 7) is 1.43. The van der Waals surface area contributed by atoms with Crippen LogP contribution >= 0.6 is 15.9 Å². The second-order valence-electron chi connectivity index (χ2n) is 4.10. The summed E-state index contributed by atoms with van der Waals surface area (Å²) >= 11 is 3.17. The fraction of sp³-hybridized carbons (Fsp3) is 0.364. The number of anilines is 1. The van der Waals surface area contributed by atoms with Gasteiger partial charge in [0.1, 0.15) is 5.69 Å². The number of nitro benzene ring substituents is 1. The van der Waals surface area contributed by atoms with Gasteiger partial charge in [-0.3, -0.25) is 14.9 Å². The molecule has 0 bridgehead atoms. The van der Waals surface area contributed by atoms with Gasteiger partial charge in [-0.05, 0) is 25.1 Å². The number of carbonyl (C=O) groups excluding carboxylic acids is 1. The first-order chi connectivity index (χ1) is 8.58. The molecule has 2 rings (SSSR count). The summed E-state index contributed by atoms with van der Waals surface area (Å²) in [7, 11) is 0. The minimum Gasteiger partial charge on any atom is -0.320 e. The van der Waals surface area contributed by atoms with Crippen LogP contribution in [0.15, 0.2) is 22.7 Å². The lowest BCUT2D eigenvalue weighted by Crippen LogP contribution is -2.24. The molecule has 1 amide bonds. The van der Waals surface area contributed by atoms with Crippen molar-refractivity contribution in [2.75, 3.05) is 18.4 Å². The van der Waals surface area contributed by atoms with Gasteiger partial charge in [0.15, 0.2) is 0 Å². The molecule has 1 unspecified atom stereocenters. The Balaban J connectivity index is 2.17. The monoisotopic (exact) mass is 313 g/mol. The number of rotatable bonds is 3. The van der Waals surface area contributed by atoms with Crippen molar-refractivity contribution in [2.45, 2.75) is 6.42 Å². The van der Waals surface area contributed by atoms with Crippen LogP contribution in [0.1, 0.15) is 6.42 Å². The van der Waals surface area contributed by atoms with Gasteiger partial charge in [-0.25, -0.2) is 0 Å². The van der Waals surface area contributed by atoms with Crippen LogP contribution < -0.4 is 10.6 Å². The Kier molecular flexibility index (Phi) is 3.93. The molecule has 1 atom stereocenters. The van der Waals surface area contributed by atoms with Crippen molar-refractivity contribution in [1.82, 2.24) is 5.32 Å². The number of hydrogen-bond acceptors (Lipinski definition) is 4. The van der Waals surface area contributed by atoms with Crippen LogP contribution in [0, 0.1) is 16.0 Å². The highest BCUT2D eigenvalue weighted by atomic mass is 79.9. The van der Waals surface area contributed by atoms with E-state index in [1.807, 2.05) is 0 Å². The van der Waals surface area contributed by atoms with E-state index in [9.17, 15) is 14.9 Å². The molecule has 0 aromatic heterocycles. The van der Waals surface area contributed by atoms with Gasteiger partial charge in [0.2, 0.25) is 5.91 Å². The van der Waals surface area contributed by atoms with E-state index in [0.717, 1.165) is 13.0 Å². The Hall–Kier alpha value is -1.47. The van der Waals surface area contributed by atoms with Crippen molar-refractivity contribution in [3.63, 3.8) is 0 Å². The van der Waals surface area contributed by atoms with Crippen LogP contribution in [0.4, 0.5) is 11.4 Å². The number of benzene rings is 1. The van der Waals surface area contributed by atoms with Crippen LogP contribution in [-0.4, -0.2) is 23.9 Å². The maximum absolute atomic E-state index is 11.9. The van der Waals surface area contributed by atoms with E-state index >= 15 is 0 Å². The molecule has 0 radical (unpaired) electrons. The first kappa shape index (κ1) is 13.0. The van der Waals surface area contributed by atoms with Gasteiger partial charge in [-0.15, -0.1) is 0 Å². The molecule has 1 aliphatic heterocycles. The zero-order chi connectivity index (χ0) is 13.1. The van der Waals surface area contributed by atoms with Crippen molar-refractivity contribution in [3.05, 3.63) is 32.8 Å². The summed E-state index contributed by atoms with van der Waals surface area (Å²) in [6.07, 6.45) is 0.760. The Morgan fingerprint density at radius 2 is 2.33 bits per heavy atom. The average Bonchev–Trinajstić information content (AvgIpc) is 2.84. The SMILES string of the molecule is O=C(Nc1ccc(Br)cc1[N+](=O)[O-])C1CCNC1. The van der Waals surface area contributed by atoms with Crippen LogP contribution in [0.3, 0.4) is 0 Å². The summed E-state index contributed by atoms with van der Waals surface area (Å²) in [6, 6.07) is 4.57. The third-order valence-corrected chi connectivity index (χ3v) is 3.34. The normalized spacial score (nSPS) is 18.6. The molecule has 1 aromatic carbocycles. The number of amides is 1. The Morgan fingerprint density at radius 3 is 2.94 bits per heavy atom. The molecule has 2 N–H and O–H groups in total. The highest BCUT2D eigenvalue weighted by Crippen LogP contribution is 2.28. The van der Waals surface area contributed by atoms with Gasteiger partial charge < -0.3 is 10.6 Å². The molecule has 1 aliphatic rings. The van der Waals surface area contributed by atoms with Gasteiger partial charge in [-0.2, -0.15) is 0 Å². The lowest BCUT2D eigenvalue weighted by atomic mass is 10.1. The number of nitrogens with one attached hydrogen (secondary N) is 2. The molecule has 7 heteroatoms. The molecule has 6 nitrogen and oxygen atoms in total. The van der Waals surface area contributed by atoms with E-state index in [-0.39, 0.29) is 23.2 Å². The van der Waals surface area contributed by atoms with E-state index in [0.29, 0.717) is 11.0 Å². The average molecular weight is 314 g/mol. The number of nitrogens with zero attached hydrogens (tertiary/aromatic N) is 1. The van der Waals surface area contributed by atoms with Gasteiger partial charge in [-0.1, -0.05) is 15.9 Å². The smallest absolute Gasteiger partial charge is 0.293 e. The molecule has 1 aromatic rings. The van der Waals surface area contributed by atoms with Crippen molar-refractivity contribution in [3.8, 4) is 0 Å². The van der Waals surface area contributed by atoms with Crippen LogP contribution in [0.25, 0.3) is 0 Å². The third kappa shape index (κ3) is 2.85. The number of nitro groups is 1. The Labute approximate surface area is 112 Å². The summed E-state index contributed by atoms with van der Waals surface area (Å²) < 4.78 is 0.606. The third-order valence-electron chi connectivity index (χ3n) is 2.85. The van der Waals surface area contributed by atoms with E-state index in [1.165, 1.54) is 12.1 Å². The van der Waals surface area contributed by atoms with Crippen molar-refractivity contribution < 1.29 is 9.72 Å². The molecule has 96 valence electrons. The molecule has 0 aliphatic carbocycles. The second-order valence-corrected chi connectivity index (χ2v) is 5.01. The van der Waals surface area contributed by atoms with Crippen molar-refractivity contribution in [2.24, 2.45) is 5.92 Å². The number of hydrogen-bond donors (Lipinski definition) is 2. The zero-order valence-corrected chi connectivity index (χ0v) is 11.1. The topological polar surface area (TPSA) is 84.3 Å². The predicted molar refractivity (Wildman–Crippen MR) is 70.4 cm³/mol. The van der Waals surface area contributed by atoms with Gasteiger partial charge >= 0.3 is 0 Å². The minimum atomic E-state index is -0.507. The fourth-order valence-corrected chi connectivity index (χ4v) is 2.22. The summed E-state index contributed by atoms with van der Waals surface area (Å²) in [5.41, 5.74) is 0.129. The summed E-state index contributed by atoms with van der Waals surface area (Å²) in [5, 5.41) is 16.6. The van der Waals surface area contributed by atoms with Gasteiger partial charge in [0.25, 0.3) is 5.69 Å². The molecule has 18 heavy (non-hydrogen) atoms. The maximum Gasteiger partial charge on any atom is 0.293 e. The van der Waals surface area contributed by atoms with E-state index in [4.69, 9.17) is 0 Å². The predicted octanol–water partition coefficient (Wildman–Crippen LogP) is 1.91. The summed E-state index contributed by atoms with van der Waals surface area (Å²) in [4.78, 5) is 22.3. The maximum atomic E-state index is 11.9. The first-order valence-corrected chi connectivity index (χ1v) is 6.33. The molecular weight excluding hydrogens is 302 g/mol. The number of carbonyl (C=O) groups is 1. The van der Waals surface area contributed by atoms with Crippen LogP contribution in [0.5, 0.6) is 0 Å². The molecule has 1 saturated heterocycles. The first-order valence-electron chi connectivity index (χ1n) is 5.53. The quantitative estimate of drug-likeness (QED) is 0.659. The minimum absolute atomic E-state index is 0.108. The lowest BCUT2D eigenvalue weighted by molar-refractivity contribution is -0.384. The summed E-state index contributed by atoms with van der Waals surface area (Å²) in [5.74, 6) is -0.293. The standard InChI is InChI=1S/C11H12BrN3O3/c12-8-1-2-9(10(5-8)15(17)18)14-11(16)7-3-4-13-6-7/h1-2,5,7,13H,3-4,6H2,(H,14,16). The fourth-order valence-electron chi connectivity index (χ4n) is 1.87. The molecule has 1 heterocycles. The van der Waals surface area contributed by atoms with Crippen molar-refractivity contribution >= 4 is 33.2 Å². The highest BCUT2D eigenvalue weighted by molar-refractivity contribution is 9.10. The van der Waals surface area contributed by atoms with Gasteiger partial charge in [0, 0.05) is 17.1 Å². The van der Waals surface area contributed by atoms with E-state index in [1.54, 1.807) is 6.07 Å². The van der Waals surface area contributed by atoms with Gasteiger partial charge in [0.05, 0.1) is 10.8 Å². The largest absolute Gasteiger partial charge is 0.320 e. The number of halogens is 1. The Morgan fingerprint density at radius 1 is 1.56 bits per heavy atom. The Bertz CT molecular complexity index is 486. The van der Waals surface area contributed by atoms with Crippen molar-refractivity contribution in [1.29, 1.82) is 0 Å². The zero-order valence-electron chi connectivity index (χ0n) is 9.48. The highest BCUT2D eigenvalue weighted by Gasteiger charge is 2.24. The molecule has 0 saturated carbocycles. The van der Waals surface area contributed by atoms with Crippen LogP contribution in [-0.2, 0) is 4.79 Å². The van der Waals surface area contributed by atoms with E-state index < -0.39 is 4.92 Å². The lowest BCUT2D eigenvalue weighted by Gasteiger charge is -2.10. The second kappa shape index (κ2) is 5.45. The van der Waals surface area contributed by atoms with Crippen LogP contribution in [0.2, 0.25) is 0 Å². The molecule has 1 fully saturated rings.